The Bertz CT molecular complexity index is 933. The Morgan fingerprint density at radius 3 is 1.97 bits per heavy atom. The van der Waals surface area contributed by atoms with Crippen LogP contribution in [0.3, 0.4) is 0 Å². The summed E-state index contributed by atoms with van der Waals surface area (Å²) in [7, 11) is 0. The number of carbonyl (C=O) groups is 2. The van der Waals surface area contributed by atoms with Crippen LogP contribution in [0, 0.1) is 0 Å². The lowest BCUT2D eigenvalue weighted by Crippen LogP contribution is -2.48. The maximum absolute atomic E-state index is 12.3. The van der Waals surface area contributed by atoms with Crippen molar-refractivity contribution in [1.29, 1.82) is 0 Å². The molecule has 0 radical (unpaired) electrons. The van der Waals surface area contributed by atoms with Gasteiger partial charge in [0.2, 0.25) is 5.91 Å². The number of anilines is 1. The second-order valence-electron chi connectivity index (χ2n) is 8.58. The number of piperazine rings is 1. The van der Waals surface area contributed by atoms with Gasteiger partial charge in [-0.05, 0) is 61.4 Å². The molecule has 2 aromatic rings. The smallest absolute Gasteiger partial charge is 0.338 e. The lowest BCUT2D eigenvalue weighted by Gasteiger charge is -2.36. The van der Waals surface area contributed by atoms with Crippen molar-refractivity contribution < 1.29 is 14.3 Å². The standard InChI is InChI=1S/C27H36N4O3/c1-3-5-7-8-26(32)31-19-17-30(18-20-31)25-15-13-24(14-16-25)29-28-23-11-9-22(10-12-23)27(33)34-21-6-4-2/h9-16H,3-8,17-21H2,1-2H3. The number of azo groups is 1. The largest absolute Gasteiger partial charge is 0.462 e. The normalized spacial score (nSPS) is 13.9. The number of benzene rings is 2. The van der Waals surface area contributed by atoms with Gasteiger partial charge in [-0.3, -0.25) is 4.79 Å². The quantitative estimate of drug-likeness (QED) is 0.223. The summed E-state index contributed by atoms with van der Waals surface area (Å²) < 4.78 is 5.22. The van der Waals surface area contributed by atoms with Crippen LogP contribution in [0.4, 0.5) is 17.1 Å². The molecule has 0 aromatic heterocycles. The van der Waals surface area contributed by atoms with Crippen molar-refractivity contribution in [1.82, 2.24) is 4.90 Å². The Kier molecular flexibility index (Phi) is 10.1. The number of hydrogen-bond donors (Lipinski definition) is 0. The highest BCUT2D eigenvalue weighted by molar-refractivity contribution is 5.89. The van der Waals surface area contributed by atoms with Gasteiger partial charge in [0.1, 0.15) is 0 Å². The molecule has 34 heavy (non-hydrogen) atoms. The van der Waals surface area contributed by atoms with E-state index in [0.29, 0.717) is 24.3 Å². The SMILES string of the molecule is CCCCCC(=O)N1CCN(c2ccc(N=Nc3ccc(C(=O)OCCCC)cc3)cc2)CC1. The number of carbonyl (C=O) groups excluding carboxylic acids is 2. The number of amides is 1. The van der Waals surface area contributed by atoms with Crippen molar-refractivity contribution in [3.8, 4) is 0 Å². The fourth-order valence-corrected chi connectivity index (χ4v) is 3.80. The van der Waals surface area contributed by atoms with Gasteiger partial charge in [-0.15, -0.1) is 0 Å². The number of hydrogen-bond acceptors (Lipinski definition) is 6. The Balaban J connectivity index is 1.47. The average Bonchev–Trinajstić information content (AvgIpc) is 2.88. The molecule has 0 bridgehead atoms. The van der Waals surface area contributed by atoms with Crippen molar-refractivity contribution in [2.45, 2.75) is 52.4 Å². The molecule has 0 unspecified atom stereocenters. The summed E-state index contributed by atoms with van der Waals surface area (Å²) in [4.78, 5) is 28.6. The van der Waals surface area contributed by atoms with E-state index in [0.717, 1.165) is 69.7 Å². The van der Waals surface area contributed by atoms with Crippen LogP contribution in [0.2, 0.25) is 0 Å². The predicted octanol–water partition coefficient (Wildman–Crippen LogP) is 6.29. The van der Waals surface area contributed by atoms with Crippen molar-refractivity contribution in [2.75, 3.05) is 37.7 Å². The predicted molar refractivity (Wildman–Crippen MR) is 135 cm³/mol. The zero-order chi connectivity index (χ0) is 24.2. The van der Waals surface area contributed by atoms with Crippen LogP contribution in [-0.4, -0.2) is 49.6 Å². The summed E-state index contributed by atoms with van der Waals surface area (Å²) in [5.74, 6) is -0.0282. The minimum absolute atomic E-state index is 0.283. The van der Waals surface area contributed by atoms with E-state index in [9.17, 15) is 9.59 Å². The highest BCUT2D eigenvalue weighted by atomic mass is 16.5. The van der Waals surface area contributed by atoms with Crippen LogP contribution in [0.15, 0.2) is 58.8 Å². The van der Waals surface area contributed by atoms with E-state index in [2.05, 4.69) is 29.0 Å². The van der Waals surface area contributed by atoms with Gasteiger partial charge in [0, 0.05) is 38.3 Å². The molecule has 1 saturated heterocycles. The molecule has 3 rings (SSSR count). The van der Waals surface area contributed by atoms with Crippen LogP contribution < -0.4 is 4.90 Å². The molecular formula is C27H36N4O3. The number of rotatable bonds is 11. The summed E-state index contributed by atoms with van der Waals surface area (Å²) in [6.07, 6.45) is 5.77. The summed E-state index contributed by atoms with van der Waals surface area (Å²) in [6.45, 7) is 7.88. The van der Waals surface area contributed by atoms with Crippen LogP contribution in [0.25, 0.3) is 0 Å². The molecule has 1 heterocycles. The molecule has 0 atom stereocenters. The zero-order valence-corrected chi connectivity index (χ0v) is 20.4. The minimum Gasteiger partial charge on any atom is -0.462 e. The zero-order valence-electron chi connectivity index (χ0n) is 20.4. The lowest BCUT2D eigenvalue weighted by atomic mass is 10.1. The fraction of sp³-hybridized carbons (Fsp3) is 0.481. The Labute approximate surface area is 202 Å². The van der Waals surface area contributed by atoms with Gasteiger partial charge in [0.05, 0.1) is 23.5 Å². The molecule has 1 amide bonds. The monoisotopic (exact) mass is 464 g/mol. The number of ether oxygens (including phenoxy) is 1. The van der Waals surface area contributed by atoms with Gasteiger partial charge in [-0.2, -0.15) is 10.2 Å². The van der Waals surface area contributed by atoms with E-state index in [1.54, 1.807) is 24.3 Å². The van der Waals surface area contributed by atoms with Gasteiger partial charge in [-0.25, -0.2) is 4.79 Å². The van der Waals surface area contributed by atoms with E-state index in [4.69, 9.17) is 4.74 Å². The third kappa shape index (κ3) is 7.68. The van der Waals surface area contributed by atoms with Crippen molar-refractivity contribution >= 4 is 28.9 Å². The van der Waals surface area contributed by atoms with Gasteiger partial charge in [0.25, 0.3) is 0 Å². The van der Waals surface area contributed by atoms with Gasteiger partial charge >= 0.3 is 5.97 Å². The highest BCUT2D eigenvalue weighted by Gasteiger charge is 2.20. The summed E-state index contributed by atoms with van der Waals surface area (Å²) in [5.41, 5.74) is 3.08. The van der Waals surface area contributed by atoms with Crippen LogP contribution >= 0.6 is 0 Å². The van der Waals surface area contributed by atoms with Crippen molar-refractivity contribution in [3.05, 3.63) is 54.1 Å². The van der Waals surface area contributed by atoms with Crippen LogP contribution in [0.1, 0.15) is 62.7 Å². The molecule has 7 heteroatoms. The molecule has 0 spiro atoms. The first-order chi connectivity index (χ1) is 16.6. The fourth-order valence-electron chi connectivity index (χ4n) is 3.80. The van der Waals surface area contributed by atoms with Gasteiger partial charge in [0.15, 0.2) is 0 Å². The Morgan fingerprint density at radius 1 is 0.794 bits per heavy atom. The average molecular weight is 465 g/mol. The summed E-state index contributed by atoms with van der Waals surface area (Å²) >= 11 is 0. The number of unbranched alkanes of at least 4 members (excludes halogenated alkanes) is 3. The maximum atomic E-state index is 12.3. The minimum atomic E-state index is -0.311. The molecule has 1 fully saturated rings. The van der Waals surface area contributed by atoms with Gasteiger partial charge in [-0.1, -0.05) is 33.1 Å². The van der Waals surface area contributed by atoms with E-state index in [-0.39, 0.29) is 11.9 Å². The first-order valence-electron chi connectivity index (χ1n) is 12.4. The molecule has 1 aliphatic heterocycles. The molecule has 0 N–H and O–H groups in total. The molecule has 2 aromatic carbocycles. The summed E-state index contributed by atoms with van der Waals surface area (Å²) in [6, 6.07) is 14.9. The molecule has 182 valence electrons. The lowest BCUT2D eigenvalue weighted by molar-refractivity contribution is -0.131. The van der Waals surface area contributed by atoms with Crippen molar-refractivity contribution in [2.24, 2.45) is 10.2 Å². The summed E-state index contributed by atoms with van der Waals surface area (Å²) in [5, 5.41) is 8.58. The van der Waals surface area contributed by atoms with E-state index >= 15 is 0 Å². The number of esters is 1. The third-order valence-electron chi connectivity index (χ3n) is 5.96. The van der Waals surface area contributed by atoms with Crippen molar-refractivity contribution in [3.63, 3.8) is 0 Å². The van der Waals surface area contributed by atoms with E-state index in [1.807, 2.05) is 29.2 Å². The second kappa shape index (κ2) is 13.5. The molecule has 7 nitrogen and oxygen atoms in total. The Hall–Kier alpha value is -3.22. The highest BCUT2D eigenvalue weighted by Crippen LogP contribution is 2.23. The first kappa shape index (κ1) is 25.4. The molecule has 0 saturated carbocycles. The molecule has 0 aliphatic carbocycles. The number of nitrogens with zero attached hydrogens (tertiary/aromatic N) is 4. The second-order valence-corrected chi connectivity index (χ2v) is 8.58. The first-order valence-corrected chi connectivity index (χ1v) is 12.4. The van der Waals surface area contributed by atoms with Crippen LogP contribution in [-0.2, 0) is 9.53 Å². The maximum Gasteiger partial charge on any atom is 0.338 e. The van der Waals surface area contributed by atoms with Crippen LogP contribution in [0.5, 0.6) is 0 Å². The Morgan fingerprint density at radius 2 is 1.38 bits per heavy atom. The molecule has 1 aliphatic rings. The van der Waals surface area contributed by atoms with E-state index in [1.165, 1.54) is 0 Å². The van der Waals surface area contributed by atoms with E-state index < -0.39 is 0 Å². The third-order valence-corrected chi connectivity index (χ3v) is 5.96. The molecular weight excluding hydrogens is 428 g/mol. The van der Waals surface area contributed by atoms with Gasteiger partial charge < -0.3 is 14.5 Å². The topological polar surface area (TPSA) is 74.6 Å².